The Morgan fingerprint density at radius 1 is 0.778 bits per heavy atom. The normalized spacial score (nSPS) is 15.4. The predicted molar refractivity (Wildman–Crippen MR) is 66.4 cm³/mol. The first kappa shape index (κ1) is 12.2. The molecule has 0 heterocycles. The zero-order valence-electron chi connectivity index (χ0n) is 10.1. The maximum Gasteiger partial charge on any atom is 0.101 e. The van der Waals surface area contributed by atoms with Gasteiger partial charge in [0.2, 0.25) is 0 Å². The SMILES string of the molecule is N#Cc1cc(C#N)c(C2CCCCC2)cc1C#N. The Morgan fingerprint density at radius 3 is 1.89 bits per heavy atom. The zero-order valence-corrected chi connectivity index (χ0v) is 10.1. The van der Waals surface area contributed by atoms with E-state index in [2.05, 4.69) is 6.07 Å². The molecule has 0 N–H and O–H groups in total. The molecule has 1 aliphatic carbocycles. The van der Waals surface area contributed by atoms with Gasteiger partial charge in [0.15, 0.2) is 0 Å². The quantitative estimate of drug-likeness (QED) is 0.749. The van der Waals surface area contributed by atoms with Gasteiger partial charge < -0.3 is 0 Å². The molecule has 88 valence electrons. The van der Waals surface area contributed by atoms with Crippen molar-refractivity contribution in [3.05, 3.63) is 34.4 Å². The van der Waals surface area contributed by atoms with E-state index >= 15 is 0 Å². The summed E-state index contributed by atoms with van der Waals surface area (Å²) in [6, 6.07) is 9.48. The average molecular weight is 235 g/mol. The van der Waals surface area contributed by atoms with Gasteiger partial charge in [0.05, 0.1) is 22.8 Å². The van der Waals surface area contributed by atoms with Crippen LogP contribution in [-0.2, 0) is 0 Å². The van der Waals surface area contributed by atoms with Crippen molar-refractivity contribution < 1.29 is 0 Å². The smallest absolute Gasteiger partial charge is 0.101 e. The number of hydrogen-bond acceptors (Lipinski definition) is 3. The monoisotopic (exact) mass is 235 g/mol. The summed E-state index contributed by atoms with van der Waals surface area (Å²) >= 11 is 0. The molecule has 0 bridgehead atoms. The van der Waals surface area contributed by atoms with E-state index in [1.54, 1.807) is 12.1 Å². The highest BCUT2D eigenvalue weighted by Crippen LogP contribution is 2.35. The van der Waals surface area contributed by atoms with E-state index < -0.39 is 0 Å². The number of benzene rings is 1. The van der Waals surface area contributed by atoms with Crippen LogP contribution in [0.5, 0.6) is 0 Å². The average Bonchev–Trinajstić information content (AvgIpc) is 2.46. The van der Waals surface area contributed by atoms with Crippen LogP contribution in [0.3, 0.4) is 0 Å². The van der Waals surface area contributed by atoms with Gasteiger partial charge in [-0.3, -0.25) is 0 Å². The molecule has 18 heavy (non-hydrogen) atoms. The molecule has 1 aliphatic rings. The second-order valence-electron chi connectivity index (χ2n) is 4.66. The Balaban J connectivity index is 2.50. The van der Waals surface area contributed by atoms with Gasteiger partial charge in [-0.05, 0) is 36.5 Å². The fourth-order valence-electron chi connectivity index (χ4n) is 2.65. The van der Waals surface area contributed by atoms with E-state index in [-0.39, 0.29) is 0 Å². The highest BCUT2D eigenvalue weighted by atomic mass is 14.3. The second-order valence-corrected chi connectivity index (χ2v) is 4.66. The minimum atomic E-state index is 0.300. The lowest BCUT2D eigenvalue weighted by Gasteiger charge is -2.23. The van der Waals surface area contributed by atoms with Crippen molar-refractivity contribution in [1.29, 1.82) is 15.8 Å². The molecule has 1 aromatic carbocycles. The maximum atomic E-state index is 9.19. The van der Waals surface area contributed by atoms with Crippen LogP contribution in [0, 0.1) is 34.0 Å². The number of rotatable bonds is 1. The van der Waals surface area contributed by atoms with E-state index in [1.807, 2.05) is 12.1 Å². The van der Waals surface area contributed by atoms with Gasteiger partial charge in [0, 0.05) is 0 Å². The first-order chi connectivity index (χ1) is 8.80. The third-order valence-corrected chi connectivity index (χ3v) is 3.60. The molecule has 0 amide bonds. The van der Waals surface area contributed by atoms with Crippen LogP contribution in [0.4, 0.5) is 0 Å². The minimum absolute atomic E-state index is 0.300. The highest BCUT2D eigenvalue weighted by molar-refractivity contribution is 5.54. The summed E-state index contributed by atoms with van der Waals surface area (Å²) in [4.78, 5) is 0. The standard InChI is InChI=1S/C15H13N3/c16-8-12-6-14(10-18)15(7-13(12)9-17)11-4-2-1-3-5-11/h6-7,11H,1-5H2. The molecule has 0 radical (unpaired) electrons. The lowest BCUT2D eigenvalue weighted by molar-refractivity contribution is 0.443. The molecule has 3 heteroatoms. The molecule has 3 nitrogen and oxygen atoms in total. The summed E-state index contributed by atoms with van der Waals surface area (Å²) in [7, 11) is 0. The van der Waals surface area contributed by atoms with Gasteiger partial charge in [0.1, 0.15) is 12.1 Å². The Kier molecular flexibility index (Phi) is 3.61. The number of hydrogen-bond donors (Lipinski definition) is 0. The molecule has 0 aromatic heterocycles. The molecule has 0 atom stereocenters. The van der Waals surface area contributed by atoms with E-state index in [9.17, 15) is 5.26 Å². The molecule has 0 unspecified atom stereocenters. The van der Waals surface area contributed by atoms with Gasteiger partial charge in [-0.25, -0.2) is 0 Å². The molecule has 1 aromatic rings. The van der Waals surface area contributed by atoms with Crippen molar-refractivity contribution in [2.45, 2.75) is 38.0 Å². The van der Waals surface area contributed by atoms with Crippen molar-refractivity contribution in [2.24, 2.45) is 0 Å². The summed E-state index contributed by atoms with van der Waals surface area (Å²) in [6.45, 7) is 0. The molecule has 0 spiro atoms. The first-order valence-corrected chi connectivity index (χ1v) is 6.18. The first-order valence-electron chi connectivity index (χ1n) is 6.18. The molecular formula is C15H13N3. The summed E-state index contributed by atoms with van der Waals surface area (Å²) in [5.74, 6) is 0.369. The highest BCUT2D eigenvalue weighted by Gasteiger charge is 2.20. The second kappa shape index (κ2) is 5.35. The van der Waals surface area contributed by atoms with Gasteiger partial charge in [-0.2, -0.15) is 15.8 Å². The topological polar surface area (TPSA) is 71.4 Å². The van der Waals surface area contributed by atoms with Crippen molar-refractivity contribution in [3.63, 3.8) is 0 Å². The van der Waals surface area contributed by atoms with E-state index in [4.69, 9.17) is 10.5 Å². The fourth-order valence-corrected chi connectivity index (χ4v) is 2.65. The maximum absolute atomic E-state index is 9.19. The van der Waals surface area contributed by atoms with Crippen LogP contribution in [0.1, 0.15) is 60.3 Å². The summed E-state index contributed by atoms with van der Waals surface area (Å²) in [5.41, 5.74) is 2.19. The number of nitrogens with zero attached hydrogens (tertiary/aromatic N) is 3. The lowest BCUT2D eigenvalue weighted by Crippen LogP contribution is -2.07. The Labute approximate surface area is 107 Å². The summed E-state index contributed by atoms with van der Waals surface area (Å²) in [5, 5.41) is 27.2. The van der Waals surface area contributed by atoms with Crippen molar-refractivity contribution in [3.8, 4) is 18.2 Å². The van der Waals surface area contributed by atoms with E-state index in [0.29, 0.717) is 22.6 Å². The van der Waals surface area contributed by atoms with Crippen LogP contribution in [0.15, 0.2) is 12.1 Å². The van der Waals surface area contributed by atoms with Crippen LogP contribution in [-0.4, -0.2) is 0 Å². The third-order valence-electron chi connectivity index (χ3n) is 3.60. The van der Waals surface area contributed by atoms with E-state index in [1.165, 1.54) is 19.3 Å². The van der Waals surface area contributed by atoms with Crippen molar-refractivity contribution in [2.75, 3.05) is 0 Å². The lowest BCUT2D eigenvalue weighted by atomic mass is 9.81. The van der Waals surface area contributed by atoms with Crippen LogP contribution in [0.2, 0.25) is 0 Å². The van der Waals surface area contributed by atoms with Gasteiger partial charge >= 0.3 is 0 Å². The Morgan fingerprint density at radius 2 is 1.33 bits per heavy atom. The fraction of sp³-hybridized carbons (Fsp3) is 0.400. The summed E-state index contributed by atoms with van der Waals surface area (Å²) < 4.78 is 0. The largest absolute Gasteiger partial charge is 0.192 e. The summed E-state index contributed by atoms with van der Waals surface area (Å²) in [6.07, 6.45) is 5.76. The number of nitriles is 3. The minimum Gasteiger partial charge on any atom is -0.192 e. The van der Waals surface area contributed by atoms with Crippen LogP contribution in [0.25, 0.3) is 0 Å². The van der Waals surface area contributed by atoms with Gasteiger partial charge in [-0.1, -0.05) is 19.3 Å². The van der Waals surface area contributed by atoms with E-state index in [0.717, 1.165) is 18.4 Å². The zero-order chi connectivity index (χ0) is 13.0. The molecule has 2 rings (SSSR count). The van der Waals surface area contributed by atoms with Crippen molar-refractivity contribution >= 4 is 0 Å². The predicted octanol–water partition coefficient (Wildman–Crippen LogP) is 3.35. The Bertz CT molecular complexity index is 575. The molecule has 1 fully saturated rings. The van der Waals surface area contributed by atoms with Gasteiger partial charge in [-0.15, -0.1) is 0 Å². The molecular weight excluding hydrogens is 222 g/mol. The molecule has 1 saturated carbocycles. The van der Waals surface area contributed by atoms with Crippen molar-refractivity contribution in [1.82, 2.24) is 0 Å². The Hall–Kier alpha value is -2.31. The molecule has 0 aliphatic heterocycles. The van der Waals surface area contributed by atoms with Crippen LogP contribution >= 0.6 is 0 Å². The molecule has 0 saturated heterocycles. The van der Waals surface area contributed by atoms with Gasteiger partial charge in [0.25, 0.3) is 0 Å². The third kappa shape index (κ3) is 2.20. The van der Waals surface area contributed by atoms with Crippen LogP contribution < -0.4 is 0 Å².